The van der Waals surface area contributed by atoms with Crippen molar-refractivity contribution in [1.29, 1.82) is 0 Å². The van der Waals surface area contributed by atoms with Crippen LogP contribution in [-0.4, -0.2) is 6.54 Å². The van der Waals surface area contributed by atoms with Gasteiger partial charge in [0, 0.05) is 0 Å². The van der Waals surface area contributed by atoms with E-state index < -0.39 is 0 Å². The fraction of sp³-hybridized carbons (Fsp3) is 0.600. The Morgan fingerprint density at radius 1 is 1.54 bits per heavy atom. The number of halogens is 1. The third kappa shape index (κ3) is 1.90. The molecule has 1 aliphatic rings. The molecule has 0 amide bonds. The van der Waals surface area contributed by atoms with Crippen molar-refractivity contribution in [2.45, 2.75) is 25.7 Å². The van der Waals surface area contributed by atoms with E-state index in [-0.39, 0.29) is 0 Å². The highest BCUT2D eigenvalue weighted by Crippen LogP contribution is 2.43. The van der Waals surface area contributed by atoms with Crippen molar-refractivity contribution in [3.8, 4) is 0 Å². The van der Waals surface area contributed by atoms with E-state index in [0.29, 0.717) is 5.41 Å². The number of rotatable bonds is 3. The van der Waals surface area contributed by atoms with Crippen LogP contribution in [-0.2, 0) is 6.42 Å². The van der Waals surface area contributed by atoms with Gasteiger partial charge in [0.15, 0.2) is 0 Å². The smallest absolute Gasteiger partial charge is 0.0931 e. The van der Waals surface area contributed by atoms with Crippen LogP contribution in [0.5, 0.6) is 0 Å². The summed E-state index contributed by atoms with van der Waals surface area (Å²) in [6.45, 7) is 0.820. The summed E-state index contributed by atoms with van der Waals surface area (Å²) in [6, 6.07) is 2.07. The second-order valence-electron chi connectivity index (χ2n) is 3.99. The zero-order chi connectivity index (χ0) is 9.31. The van der Waals surface area contributed by atoms with Gasteiger partial charge in [0.25, 0.3) is 0 Å². The van der Waals surface area contributed by atoms with Crippen molar-refractivity contribution in [2.75, 3.05) is 6.54 Å². The summed E-state index contributed by atoms with van der Waals surface area (Å²) in [5.74, 6) is 0. The van der Waals surface area contributed by atoms with Gasteiger partial charge in [-0.3, -0.25) is 0 Å². The van der Waals surface area contributed by atoms with Gasteiger partial charge >= 0.3 is 0 Å². The minimum Gasteiger partial charge on any atom is -0.330 e. The molecule has 0 aromatic carbocycles. The second kappa shape index (κ2) is 3.60. The first-order valence-corrected chi connectivity index (χ1v) is 5.93. The van der Waals surface area contributed by atoms with Crippen LogP contribution in [0.25, 0.3) is 0 Å². The molecule has 1 saturated carbocycles. The van der Waals surface area contributed by atoms with E-state index in [9.17, 15) is 0 Å². The molecule has 0 unspecified atom stereocenters. The maximum absolute atomic E-state index is 5.88. The molecule has 3 heteroatoms. The van der Waals surface area contributed by atoms with Gasteiger partial charge in [-0.2, -0.15) is 0 Å². The van der Waals surface area contributed by atoms with E-state index in [1.165, 1.54) is 24.8 Å². The van der Waals surface area contributed by atoms with Crippen molar-refractivity contribution < 1.29 is 0 Å². The van der Waals surface area contributed by atoms with Gasteiger partial charge in [-0.05, 0) is 48.2 Å². The van der Waals surface area contributed by atoms with Crippen molar-refractivity contribution in [1.82, 2.24) is 0 Å². The molecule has 2 N–H and O–H groups in total. The molecule has 0 bridgehead atoms. The largest absolute Gasteiger partial charge is 0.330 e. The summed E-state index contributed by atoms with van der Waals surface area (Å²) in [4.78, 5) is 0. The van der Waals surface area contributed by atoms with E-state index in [4.69, 9.17) is 17.3 Å². The van der Waals surface area contributed by atoms with Gasteiger partial charge in [-0.15, -0.1) is 11.3 Å². The molecule has 0 saturated heterocycles. The monoisotopic (exact) mass is 215 g/mol. The Morgan fingerprint density at radius 3 is 2.69 bits per heavy atom. The van der Waals surface area contributed by atoms with E-state index in [0.717, 1.165) is 17.3 Å². The Labute approximate surface area is 87.9 Å². The molecular formula is C10H14ClNS. The highest BCUT2D eigenvalue weighted by Gasteiger charge is 2.35. The van der Waals surface area contributed by atoms with Gasteiger partial charge in [0.2, 0.25) is 0 Å². The first kappa shape index (κ1) is 9.50. The number of hydrogen-bond donors (Lipinski definition) is 1. The van der Waals surface area contributed by atoms with Gasteiger partial charge in [0.1, 0.15) is 0 Å². The zero-order valence-corrected chi connectivity index (χ0v) is 9.13. The predicted molar refractivity (Wildman–Crippen MR) is 58.4 cm³/mol. The van der Waals surface area contributed by atoms with E-state index in [2.05, 4.69) is 11.4 Å². The van der Waals surface area contributed by atoms with Crippen LogP contribution in [0.1, 0.15) is 24.8 Å². The Hall–Kier alpha value is -0.0500. The minimum atomic E-state index is 0.407. The number of thiophene rings is 1. The lowest BCUT2D eigenvalue weighted by molar-refractivity contribution is 0.145. The first-order chi connectivity index (χ1) is 6.24. The van der Waals surface area contributed by atoms with Crippen LogP contribution < -0.4 is 5.73 Å². The molecule has 13 heavy (non-hydrogen) atoms. The highest BCUT2D eigenvalue weighted by atomic mass is 35.5. The van der Waals surface area contributed by atoms with Crippen molar-refractivity contribution in [3.63, 3.8) is 0 Å². The van der Waals surface area contributed by atoms with Gasteiger partial charge in [-0.1, -0.05) is 18.0 Å². The lowest BCUT2D eigenvalue weighted by atomic mass is 9.66. The maximum atomic E-state index is 5.88. The van der Waals surface area contributed by atoms with Crippen molar-refractivity contribution in [2.24, 2.45) is 11.1 Å². The van der Waals surface area contributed by atoms with Crippen molar-refractivity contribution in [3.05, 3.63) is 21.3 Å². The molecule has 1 aromatic heterocycles. The van der Waals surface area contributed by atoms with E-state index in [1.54, 1.807) is 11.3 Å². The topological polar surface area (TPSA) is 26.0 Å². The van der Waals surface area contributed by atoms with Crippen LogP contribution in [0, 0.1) is 5.41 Å². The Morgan fingerprint density at radius 2 is 2.31 bits per heavy atom. The molecule has 1 nitrogen and oxygen atoms in total. The lowest BCUT2D eigenvalue weighted by Gasteiger charge is -2.41. The number of hydrogen-bond acceptors (Lipinski definition) is 2. The lowest BCUT2D eigenvalue weighted by Crippen LogP contribution is -2.39. The summed E-state index contributed by atoms with van der Waals surface area (Å²) in [6.07, 6.45) is 5.04. The first-order valence-electron chi connectivity index (χ1n) is 4.67. The molecule has 1 heterocycles. The Balaban J connectivity index is 2.04. The fourth-order valence-corrected chi connectivity index (χ4v) is 2.91. The average molecular weight is 216 g/mol. The molecule has 0 spiro atoms. The number of nitrogens with two attached hydrogens (primary N) is 1. The molecule has 0 atom stereocenters. The fourth-order valence-electron chi connectivity index (χ4n) is 2.00. The van der Waals surface area contributed by atoms with Crippen molar-refractivity contribution >= 4 is 22.9 Å². The molecule has 1 aliphatic carbocycles. The summed E-state index contributed by atoms with van der Waals surface area (Å²) in [7, 11) is 0. The van der Waals surface area contributed by atoms with Crippen LogP contribution in [0.3, 0.4) is 0 Å². The molecule has 0 aliphatic heterocycles. The molecule has 1 aromatic rings. The van der Waals surface area contributed by atoms with Crippen LogP contribution in [0.2, 0.25) is 4.34 Å². The SMILES string of the molecule is NCC1(Cc2csc(Cl)c2)CCC1. The Bertz CT molecular complexity index is 285. The minimum absolute atomic E-state index is 0.407. The summed E-state index contributed by atoms with van der Waals surface area (Å²) >= 11 is 7.50. The van der Waals surface area contributed by atoms with E-state index >= 15 is 0 Å². The zero-order valence-electron chi connectivity index (χ0n) is 7.55. The molecule has 1 fully saturated rings. The maximum Gasteiger partial charge on any atom is 0.0931 e. The van der Waals surface area contributed by atoms with Gasteiger partial charge in [-0.25, -0.2) is 0 Å². The average Bonchev–Trinajstić information content (AvgIpc) is 2.44. The van der Waals surface area contributed by atoms with Gasteiger partial charge < -0.3 is 5.73 Å². The summed E-state index contributed by atoms with van der Waals surface area (Å²) in [5, 5.41) is 2.15. The predicted octanol–water partition coefficient (Wildman–Crippen LogP) is 3.07. The molecular weight excluding hydrogens is 202 g/mol. The Kier molecular flexibility index (Phi) is 2.63. The quantitative estimate of drug-likeness (QED) is 0.824. The van der Waals surface area contributed by atoms with Crippen LogP contribution in [0.4, 0.5) is 0 Å². The summed E-state index contributed by atoms with van der Waals surface area (Å²) in [5.41, 5.74) is 7.56. The third-order valence-electron chi connectivity index (χ3n) is 3.05. The normalized spacial score (nSPS) is 19.8. The third-order valence-corrected chi connectivity index (χ3v) is 4.19. The molecule has 72 valence electrons. The van der Waals surface area contributed by atoms with Crippen LogP contribution in [0.15, 0.2) is 11.4 Å². The van der Waals surface area contributed by atoms with Crippen LogP contribution >= 0.6 is 22.9 Å². The van der Waals surface area contributed by atoms with E-state index in [1.807, 2.05) is 0 Å². The molecule has 0 radical (unpaired) electrons. The highest BCUT2D eigenvalue weighted by molar-refractivity contribution is 7.14. The summed E-state index contributed by atoms with van der Waals surface area (Å²) < 4.78 is 0.890. The molecule has 2 rings (SSSR count). The van der Waals surface area contributed by atoms with Gasteiger partial charge in [0.05, 0.1) is 4.34 Å². The second-order valence-corrected chi connectivity index (χ2v) is 5.54. The standard InChI is InChI=1S/C10H14ClNS/c11-9-4-8(6-13-9)5-10(7-12)2-1-3-10/h4,6H,1-3,5,7,12H2.